The molecule has 2 N–H and O–H groups in total. The molecule has 2 rings (SSSR count). The molecule has 0 aliphatic carbocycles. The predicted molar refractivity (Wildman–Crippen MR) is 73.1 cm³/mol. The molecule has 0 radical (unpaired) electrons. The summed E-state index contributed by atoms with van der Waals surface area (Å²) in [7, 11) is 0. The molecule has 1 heterocycles. The highest BCUT2D eigenvalue weighted by Gasteiger charge is 2.24. The van der Waals surface area contributed by atoms with Gasteiger partial charge in [-0.05, 0) is 32.4 Å². The van der Waals surface area contributed by atoms with Gasteiger partial charge >= 0.3 is 0 Å². The van der Waals surface area contributed by atoms with Gasteiger partial charge < -0.3 is 10.3 Å². The Morgan fingerprint density at radius 1 is 1.44 bits per heavy atom. The van der Waals surface area contributed by atoms with Crippen molar-refractivity contribution >= 4 is 17.0 Å². The fraction of sp³-hybridized carbons (Fsp3) is 0.429. The summed E-state index contributed by atoms with van der Waals surface area (Å²) >= 11 is 0. The van der Waals surface area contributed by atoms with Crippen LogP contribution in [0.15, 0.2) is 18.2 Å². The third kappa shape index (κ3) is 1.82. The highest BCUT2D eigenvalue weighted by molar-refractivity contribution is 5.84. The molecule has 4 heteroatoms. The first-order chi connectivity index (χ1) is 8.51. The Labute approximate surface area is 107 Å². The van der Waals surface area contributed by atoms with Crippen molar-refractivity contribution in [3.05, 3.63) is 23.8 Å². The SMILES string of the molecule is CCCC(C)(C)n1c(N)nc2c(C#N)cccc21. The Kier molecular flexibility index (Phi) is 3.00. The average Bonchev–Trinajstić information content (AvgIpc) is 2.65. The van der Waals surface area contributed by atoms with Gasteiger partial charge in [-0.3, -0.25) is 0 Å². The molecule has 0 aliphatic rings. The zero-order valence-electron chi connectivity index (χ0n) is 11.1. The molecule has 1 aromatic heterocycles. The van der Waals surface area contributed by atoms with E-state index in [4.69, 9.17) is 11.0 Å². The minimum Gasteiger partial charge on any atom is -0.369 e. The van der Waals surface area contributed by atoms with Crippen molar-refractivity contribution in [1.82, 2.24) is 9.55 Å². The van der Waals surface area contributed by atoms with Gasteiger partial charge in [0.25, 0.3) is 0 Å². The number of rotatable bonds is 3. The molecule has 4 nitrogen and oxygen atoms in total. The van der Waals surface area contributed by atoms with E-state index in [-0.39, 0.29) is 5.54 Å². The highest BCUT2D eigenvalue weighted by Crippen LogP contribution is 2.31. The van der Waals surface area contributed by atoms with Crippen molar-refractivity contribution in [1.29, 1.82) is 5.26 Å². The Bertz CT molecular complexity index is 616. The topological polar surface area (TPSA) is 67.6 Å². The first-order valence-corrected chi connectivity index (χ1v) is 6.18. The average molecular weight is 242 g/mol. The second-order valence-corrected chi connectivity index (χ2v) is 5.15. The smallest absolute Gasteiger partial charge is 0.201 e. The number of nitrogens with zero attached hydrogens (tertiary/aromatic N) is 3. The van der Waals surface area contributed by atoms with E-state index >= 15 is 0 Å². The quantitative estimate of drug-likeness (QED) is 0.899. The van der Waals surface area contributed by atoms with Crippen LogP contribution in [0.5, 0.6) is 0 Å². The van der Waals surface area contributed by atoms with Crippen molar-refractivity contribution in [2.24, 2.45) is 0 Å². The lowest BCUT2D eigenvalue weighted by atomic mass is 9.98. The lowest BCUT2D eigenvalue weighted by molar-refractivity contribution is 0.338. The van der Waals surface area contributed by atoms with E-state index in [1.54, 1.807) is 6.07 Å². The standard InChI is InChI=1S/C14H18N4/c1-4-8-14(2,3)18-11-7-5-6-10(9-15)12(11)17-13(18)16/h5-7H,4,8H2,1-3H3,(H2,16,17). The van der Waals surface area contributed by atoms with E-state index in [9.17, 15) is 0 Å². The van der Waals surface area contributed by atoms with Crippen molar-refractivity contribution in [2.75, 3.05) is 5.73 Å². The molecule has 0 atom stereocenters. The van der Waals surface area contributed by atoms with Gasteiger partial charge in [0.2, 0.25) is 5.95 Å². The Morgan fingerprint density at radius 3 is 2.78 bits per heavy atom. The van der Waals surface area contributed by atoms with Crippen LogP contribution in [-0.4, -0.2) is 9.55 Å². The molecule has 0 amide bonds. The summed E-state index contributed by atoms with van der Waals surface area (Å²) in [5.41, 5.74) is 8.15. The van der Waals surface area contributed by atoms with Crippen molar-refractivity contribution in [3.63, 3.8) is 0 Å². The molecule has 0 aliphatic heterocycles. The van der Waals surface area contributed by atoms with E-state index in [1.165, 1.54) is 0 Å². The molecular formula is C14H18N4. The number of hydrogen-bond acceptors (Lipinski definition) is 3. The molecule has 1 aromatic carbocycles. The normalized spacial score (nSPS) is 11.7. The van der Waals surface area contributed by atoms with Gasteiger partial charge in [0, 0.05) is 5.54 Å². The molecule has 0 bridgehead atoms. The number of benzene rings is 1. The number of nitrogen functional groups attached to an aromatic ring is 1. The van der Waals surface area contributed by atoms with E-state index in [2.05, 4.69) is 31.8 Å². The summed E-state index contributed by atoms with van der Waals surface area (Å²) in [4.78, 5) is 4.35. The van der Waals surface area contributed by atoms with Crippen molar-refractivity contribution < 1.29 is 0 Å². The second kappa shape index (κ2) is 4.34. The van der Waals surface area contributed by atoms with Crippen molar-refractivity contribution in [2.45, 2.75) is 39.2 Å². The summed E-state index contributed by atoms with van der Waals surface area (Å²) in [6.45, 7) is 6.44. The number of nitriles is 1. The van der Waals surface area contributed by atoms with Crippen LogP contribution in [0.25, 0.3) is 11.0 Å². The number of hydrogen-bond donors (Lipinski definition) is 1. The number of fused-ring (bicyclic) bond motifs is 1. The van der Waals surface area contributed by atoms with Crippen LogP contribution in [0, 0.1) is 11.3 Å². The highest BCUT2D eigenvalue weighted by atomic mass is 15.2. The molecule has 0 fully saturated rings. The zero-order valence-corrected chi connectivity index (χ0v) is 11.1. The Hall–Kier alpha value is -2.02. The number of anilines is 1. The number of aromatic nitrogens is 2. The van der Waals surface area contributed by atoms with Crippen LogP contribution >= 0.6 is 0 Å². The van der Waals surface area contributed by atoms with Crippen LogP contribution in [0.4, 0.5) is 5.95 Å². The Balaban J connectivity index is 2.73. The molecule has 2 aromatic rings. The van der Waals surface area contributed by atoms with Gasteiger partial charge in [-0.25, -0.2) is 4.98 Å². The monoisotopic (exact) mass is 242 g/mol. The van der Waals surface area contributed by atoms with Crippen LogP contribution in [0.1, 0.15) is 39.2 Å². The first kappa shape index (κ1) is 12.4. The molecular weight excluding hydrogens is 224 g/mol. The largest absolute Gasteiger partial charge is 0.369 e. The lowest BCUT2D eigenvalue weighted by Gasteiger charge is -2.28. The second-order valence-electron chi connectivity index (χ2n) is 5.15. The number of imidazole rings is 1. The maximum atomic E-state index is 9.10. The Morgan fingerprint density at radius 2 is 2.17 bits per heavy atom. The van der Waals surface area contributed by atoms with Gasteiger partial charge in [-0.1, -0.05) is 19.4 Å². The lowest BCUT2D eigenvalue weighted by Crippen LogP contribution is -2.27. The van der Waals surface area contributed by atoms with E-state index in [0.29, 0.717) is 17.0 Å². The van der Waals surface area contributed by atoms with Crippen LogP contribution in [-0.2, 0) is 5.54 Å². The van der Waals surface area contributed by atoms with Crippen LogP contribution < -0.4 is 5.73 Å². The molecule has 94 valence electrons. The first-order valence-electron chi connectivity index (χ1n) is 6.18. The summed E-state index contributed by atoms with van der Waals surface area (Å²) in [5.74, 6) is 0.478. The minimum absolute atomic E-state index is 0.0956. The minimum atomic E-state index is -0.0956. The molecule has 18 heavy (non-hydrogen) atoms. The van der Waals surface area contributed by atoms with E-state index in [1.807, 2.05) is 16.7 Å². The van der Waals surface area contributed by atoms with Gasteiger partial charge in [0.05, 0.1) is 11.1 Å². The van der Waals surface area contributed by atoms with Gasteiger partial charge in [0.15, 0.2) is 0 Å². The molecule has 0 saturated heterocycles. The molecule has 0 saturated carbocycles. The van der Waals surface area contributed by atoms with Crippen LogP contribution in [0.3, 0.4) is 0 Å². The summed E-state index contributed by atoms with van der Waals surface area (Å²) in [5, 5.41) is 9.10. The summed E-state index contributed by atoms with van der Waals surface area (Å²) in [6, 6.07) is 7.78. The summed E-state index contributed by atoms with van der Waals surface area (Å²) < 4.78 is 2.03. The van der Waals surface area contributed by atoms with Gasteiger partial charge in [-0.15, -0.1) is 0 Å². The fourth-order valence-corrected chi connectivity index (χ4v) is 2.57. The van der Waals surface area contributed by atoms with Gasteiger partial charge in [0.1, 0.15) is 11.6 Å². The van der Waals surface area contributed by atoms with Crippen molar-refractivity contribution in [3.8, 4) is 6.07 Å². The van der Waals surface area contributed by atoms with E-state index < -0.39 is 0 Å². The number of para-hydroxylation sites is 1. The third-order valence-corrected chi connectivity index (χ3v) is 3.30. The third-order valence-electron chi connectivity index (χ3n) is 3.30. The summed E-state index contributed by atoms with van der Waals surface area (Å²) in [6.07, 6.45) is 2.09. The van der Waals surface area contributed by atoms with E-state index in [0.717, 1.165) is 18.4 Å². The van der Waals surface area contributed by atoms with Crippen LogP contribution in [0.2, 0.25) is 0 Å². The zero-order chi connectivity index (χ0) is 13.3. The molecule has 0 spiro atoms. The maximum absolute atomic E-state index is 9.10. The number of nitrogens with two attached hydrogens (primary N) is 1. The van der Waals surface area contributed by atoms with Gasteiger partial charge in [-0.2, -0.15) is 5.26 Å². The molecule has 0 unspecified atom stereocenters. The maximum Gasteiger partial charge on any atom is 0.201 e. The fourth-order valence-electron chi connectivity index (χ4n) is 2.57. The predicted octanol–water partition coefficient (Wildman–Crippen LogP) is 3.03.